The van der Waals surface area contributed by atoms with Crippen molar-refractivity contribution in [1.82, 2.24) is 35.8 Å². The fraction of sp³-hybridized carbons (Fsp3) is 0.261. The monoisotopic (exact) mass is 449 g/mol. The summed E-state index contributed by atoms with van der Waals surface area (Å²) < 4.78 is 1.58. The molecular formula is C23H27N7O3. The molecule has 0 atom stereocenters. The summed E-state index contributed by atoms with van der Waals surface area (Å²) in [6.45, 7) is 3.70. The second kappa shape index (κ2) is 11.0. The molecule has 0 fully saturated rings. The maximum absolute atomic E-state index is 12.6. The van der Waals surface area contributed by atoms with Crippen LogP contribution in [-0.4, -0.2) is 63.6 Å². The van der Waals surface area contributed by atoms with E-state index in [1.165, 1.54) is 4.90 Å². The summed E-state index contributed by atoms with van der Waals surface area (Å²) >= 11 is 0. The van der Waals surface area contributed by atoms with Gasteiger partial charge in [0, 0.05) is 11.6 Å². The number of rotatable bonds is 8. The Kier molecular flexibility index (Phi) is 7.87. The third-order valence-corrected chi connectivity index (χ3v) is 4.44. The molecule has 0 unspecified atom stereocenters. The molecule has 10 nitrogen and oxygen atoms in total. The molecule has 0 aliphatic rings. The zero-order valence-electron chi connectivity index (χ0n) is 18.8. The fourth-order valence-electron chi connectivity index (χ4n) is 3.07. The van der Waals surface area contributed by atoms with Crippen molar-refractivity contribution in [3.8, 4) is 17.1 Å². The summed E-state index contributed by atoms with van der Waals surface area (Å²) in [6.07, 6.45) is 0. The number of nitrogens with one attached hydrogen (secondary N) is 3. The number of carbonyl (C=O) groups is 3. The van der Waals surface area contributed by atoms with Crippen LogP contribution in [0.1, 0.15) is 24.5 Å². The van der Waals surface area contributed by atoms with Gasteiger partial charge in [-0.25, -0.2) is 9.67 Å². The lowest BCUT2D eigenvalue weighted by molar-refractivity contribution is -0.125. The Morgan fingerprint density at radius 2 is 1.52 bits per heavy atom. The lowest BCUT2D eigenvalue weighted by Gasteiger charge is -2.17. The molecule has 10 heteroatoms. The Labute approximate surface area is 192 Å². The number of aromatic nitrogens is 3. The minimum absolute atomic E-state index is 0.0167. The highest BCUT2D eigenvalue weighted by molar-refractivity contribution is 5.92. The molecule has 2 aromatic carbocycles. The number of hydrazine groups is 1. The van der Waals surface area contributed by atoms with E-state index in [1.807, 2.05) is 74.5 Å². The number of hydrogen-bond donors (Lipinski definition) is 3. The molecule has 3 amide bonds. The molecule has 0 saturated heterocycles. The van der Waals surface area contributed by atoms with Gasteiger partial charge < -0.3 is 5.32 Å². The standard InChI is InChI=1S/C23H27N7O3/c1-16(2)24-19(31)14-29(3)15-20(32)26-27-23(33)21-25-22(17-10-6-4-7-11-17)30(28-21)18-12-8-5-9-13-18/h4-13,16H,14-15H2,1-3H3,(H,24,31)(H,26,32)(H,27,33). The predicted octanol–water partition coefficient (Wildman–Crippen LogP) is 1.15. The van der Waals surface area contributed by atoms with Crippen molar-refractivity contribution in [3.05, 3.63) is 66.5 Å². The minimum atomic E-state index is -0.657. The van der Waals surface area contributed by atoms with Crippen LogP contribution in [0.25, 0.3) is 17.1 Å². The first-order valence-corrected chi connectivity index (χ1v) is 10.5. The van der Waals surface area contributed by atoms with Crippen LogP contribution in [0.3, 0.4) is 0 Å². The Morgan fingerprint density at radius 3 is 2.15 bits per heavy atom. The van der Waals surface area contributed by atoms with Crippen LogP contribution in [0.15, 0.2) is 60.7 Å². The second-order valence-corrected chi connectivity index (χ2v) is 7.77. The van der Waals surface area contributed by atoms with Gasteiger partial charge in [0.1, 0.15) is 0 Å². The van der Waals surface area contributed by atoms with Crippen LogP contribution in [0, 0.1) is 0 Å². The predicted molar refractivity (Wildman–Crippen MR) is 123 cm³/mol. The molecule has 33 heavy (non-hydrogen) atoms. The second-order valence-electron chi connectivity index (χ2n) is 7.77. The van der Waals surface area contributed by atoms with Gasteiger partial charge in [0.15, 0.2) is 5.82 Å². The summed E-state index contributed by atoms with van der Waals surface area (Å²) in [7, 11) is 1.64. The molecule has 1 heterocycles. The number of nitrogens with zero attached hydrogens (tertiary/aromatic N) is 4. The average molecular weight is 450 g/mol. The Hall–Kier alpha value is -4.05. The number of hydrogen-bond acceptors (Lipinski definition) is 6. The van der Waals surface area contributed by atoms with Crippen molar-refractivity contribution in [1.29, 1.82) is 0 Å². The molecule has 172 valence electrons. The quantitative estimate of drug-likeness (QED) is 0.444. The van der Waals surface area contributed by atoms with Crippen molar-refractivity contribution in [2.24, 2.45) is 0 Å². The van der Waals surface area contributed by atoms with E-state index in [2.05, 4.69) is 26.3 Å². The van der Waals surface area contributed by atoms with Gasteiger partial charge in [-0.2, -0.15) is 0 Å². The fourth-order valence-corrected chi connectivity index (χ4v) is 3.07. The SMILES string of the molecule is CC(C)NC(=O)CN(C)CC(=O)NNC(=O)c1nc(-c2ccccc2)n(-c2ccccc2)n1. The summed E-state index contributed by atoms with van der Waals surface area (Å²) in [5.74, 6) is -0.922. The highest BCUT2D eigenvalue weighted by Gasteiger charge is 2.19. The zero-order chi connectivity index (χ0) is 23.8. The van der Waals surface area contributed by atoms with E-state index in [4.69, 9.17) is 0 Å². The molecule has 0 bridgehead atoms. The molecule has 0 aliphatic carbocycles. The summed E-state index contributed by atoms with van der Waals surface area (Å²) in [5.41, 5.74) is 6.20. The van der Waals surface area contributed by atoms with Crippen molar-refractivity contribution < 1.29 is 14.4 Å². The summed E-state index contributed by atoms with van der Waals surface area (Å²) in [6, 6.07) is 18.7. The molecule has 0 radical (unpaired) electrons. The highest BCUT2D eigenvalue weighted by Crippen LogP contribution is 2.20. The summed E-state index contributed by atoms with van der Waals surface area (Å²) in [4.78, 5) is 42.5. The van der Waals surface area contributed by atoms with Crippen molar-refractivity contribution in [2.45, 2.75) is 19.9 Å². The molecule has 3 N–H and O–H groups in total. The summed E-state index contributed by atoms with van der Waals surface area (Å²) in [5, 5.41) is 7.09. The lowest BCUT2D eigenvalue weighted by atomic mass is 10.2. The maximum atomic E-state index is 12.6. The van der Waals surface area contributed by atoms with Crippen LogP contribution in [-0.2, 0) is 9.59 Å². The number of para-hydroxylation sites is 1. The first-order chi connectivity index (χ1) is 15.8. The van der Waals surface area contributed by atoms with Crippen LogP contribution >= 0.6 is 0 Å². The van der Waals surface area contributed by atoms with E-state index in [0.29, 0.717) is 5.82 Å². The molecule has 0 aliphatic heterocycles. The van der Waals surface area contributed by atoms with E-state index < -0.39 is 11.8 Å². The Morgan fingerprint density at radius 1 is 0.909 bits per heavy atom. The number of amides is 3. The van der Waals surface area contributed by atoms with E-state index in [1.54, 1.807) is 11.7 Å². The van der Waals surface area contributed by atoms with Crippen molar-refractivity contribution in [2.75, 3.05) is 20.1 Å². The zero-order valence-corrected chi connectivity index (χ0v) is 18.8. The lowest BCUT2D eigenvalue weighted by Crippen LogP contribution is -2.47. The third-order valence-electron chi connectivity index (χ3n) is 4.44. The van der Waals surface area contributed by atoms with Gasteiger partial charge in [0.25, 0.3) is 5.91 Å². The molecule has 3 rings (SSSR count). The van der Waals surface area contributed by atoms with Crippen LogP contribution in [0.4, 0.5) is 0 Å². The molecule has 0 saturated carbocycles. The largest absolute Gasteiger partial charge is 0.353 e. The van der Waals surface area contributed by atoms with Crippen LogP contribution < -0.4 is 16.2 Å². The van der Waals surface area contributed by atoms with Crippen molar-refractivity contribution >= 4 is 17.7 Å². The van der Waals surface area contributed by atoms with Crippen molar-refractivity contribution in [3.63, 3.8) is 0 Å². The van der Waals surface area contributed by atoms with Gasteiger partial charge in [-0.1, -0.05) is 48.5 Å². The van der Waals surface area contributed by atoms with Gasteiger partial charge in [0.05, 0.1) is 18.8 Å². The van der Waals surface area contributed by atoms with E-state index in [-0.39, 0.29) is 30.9 Å². The maximum Gasteiger partial charge on any atom is 0.309 e. The Balaban J connectivity index is 1.66. The number of likely N-dealkylation sites (N-methyl/N-ethyl adjacent to an activating group) is 1. The van der Waals surface area contributed by atoms with E-state index in [9.17, 15) is 14.4 Å². The molecular weight excluding hydrogens is 422 g/mol. The van der Waals surface area contributed by atoms with Gasteiger partial charge in [-0.3, -0.25) is 30.1 Å². The normalized spacial score (nSPS) is 10.8. The number of benzene rings is 2. The van der Waals surface area contributed by atoms with Gasteiger partial charge >= 0.3 is 5.91 Å². The molecule has 0 spiro atoms. The van der Waals surface area contributed by atoms with Gasteiger partial charge in [-0.05, 0) is 33.0 Å². The van der Waals surface area contributed by atoms with Gasteiger partial charge in [0.2, 0.25) is 11.7 Å². The number of carbonyl (C=O) groups excluding carboxylic acids is 3. The third kappa shape index (κ3) is 6.71. The molecule has 3 aromatic rings. The van der Waals surface area contributed by atoms with Crippen LogP contribution in [0.2, 0.25) is 0 Å². The Bertz CT molecular complexity index is 1040. The van der Waals surface area contributed by atoms with Gasteiger partial charge in [-0.15, -0.1) is 5.10 Å². The smallest absolute Gasteiger partial charge is 0.309 e. The first kappa shape index (κ1) is 23.6. The first-order valence-electron chi connectivity index (χ1n) is 10.5. The van der Waals surface area contributed by atoms with E-state index >= 15 is 0 Å². The average Bonchev–Trinajstić information content (AvgIpc) is 3.23. The molecule has 1 aromatic heterocycles. The minimum Gasteiger partial charge on any atom is -0.353 e. The highest BCUT2D eigenvalue weighted by atomic mass is 16.2. The van der Waals surface area contributed by atoms with Crippen LogP contribution in [0.5, 0.6) is 0 Å². The topological polar surface area (TPSA) is 121 Å². The van der Waals surface area contributed by atoms with E-state index in [0.717, 1.165) is 11.3 Å².